The molecule has 4 nitrogen and oxygen atoms in total. The second-order valence-electron chi connectivity index (χ2n) is 5.10. The molecule has 1 aromatic rings. The molecule has 1 fully saturated rings. The molecule has 0 aliphatic carbocycles. The highest BCUT2D eigenvalue weighted by atomic mass is 79.9. The molecule has 1 unspecified atom stereocenters. The fourth-order valence-electron chi connectivity index (χ4n) is 2.41. The Morgan fingerprint density at radius 1 is 1.40 bits per heavy atom. The lowest BCUT2D eigenvalue weighted by atomic mass is 10.3. The normalized spacial score (nSPS) is 18.4. The topological polar surface area (TPSA) is 49.4 Å². The molecule has 0 saturated carbocycles. The van der Waals surface area contributed by atoms with Gasteiger partial charge in [-0.3, -0.25) is 0 Å². The number of likely N-dealkylation sites (tertiary alicyclic amines) is 1. The summed E-state index contributed by atoms with van der Waals surface area (Å²) in [4.78, 5) is 1.90. The molecule has 2 rings (SSSR count). The van der Waals surface area contributed by atoms with Gasteiger partial charge in [0, 0.05) is 17.1 Å². The van der Waals surface area contributed by atoms with E-state index in [0.717, 1.165) is 32.0 Å². The molecule has 1 saturated heterocycles. The molecule has 1 aromatic carbocycles. The molecule has 0 aromatic heterocycles. The van der Waals surface area contributed by atoms with Gasteiger partial charge >= 0.3 is 0 Å². The van der Waals surface area contributed by atoms with Crippen molar-refractivity contribution in [2.24, 2.45) is 0 Å². The fraction of sp³-hybridized carbons (Fsp3) is 0.538. The Hall–Kier alpha value is -0.500. The maximum absolute atomic E-state index is 13.7. The number of sulfonamides is 1. The minimum Gasteiger partial charge on any atom is -0.302 e. The van der Waals surface area contributed by atoms with Gasteiger partial charge in [0.05, 0.1) is 0 Å². The van der Waals surface area contributed by atoms with Crippen molar-refractivity contribution >= 4 is 26.0 Å². The van der Waals surface area contributed by atoms with Gasteiger partial charge in [0.25, 0.3) is 0 Å². The number of nitrogens with one attached hydrogen (secondary N) is 1. The summed E-state index contributed by atoms with van der Waals surface area (Å²) >= 11 is 3.11. The van der Waals surface area contributed by atoms with Crippen molar-refractivity contribution < 1.29 is 12.8 Å². The maximum Gasteiger partial charge on any atom is 0.243 e. The van der Waals surface area contributed by atoms with Gasteiger partial charge in [-0.05, 0) is 51.1 Å². The first-order chi connectivity index (χ1) is 9.38. The van der Waals surface area contributed by atoms with Crippen LogP contribution in [0, 0.1) is 5.82 Å². The van der Waals surface area contributed by atoms with Crippen molar-refractivity contribution in [1.29, 1.82) is 0 Å². The third-order valence-corrected chi connectivity index (χ3v) is 5.39. The number of hydrogen-bond donors (Lipinski definition) is 1. The highest BCUT2D eigenvalue weighted by molar-refractivity contribution is 9.10. The van der Waals surface area contributed by atoms with Gasteiger partial charge < -0.3 is 4.90 Å². The van der Waals surface area contributed by atoms with Gasteiger partial charge in [-0.1, -0.05) is 15.9 Å². The zero-order chi connectivity index (χ0) is 14.8. The predicted molar refractivity (Wildman–Crippen MR) is 79.6 cm³/mol. The Morgan fingerprint density at radius 3 is 2.65 bits per heavy atom. The Balaban J connectivity index is 2.06. The number of hydrogen-bond acceptors (Lipinski definition) is 3. The highest BCUT2D eigenvalue weighted by Crippen LogP contribution is 2.19. The van der Waals surface area contributed by atoms with Crippen LogP contribution >= 0.6 is 15.9 Å². The molecule has 1 atom stereocenters. The van der Waals surface area contributed by atoms with Crippen LogP contribution in [-0.2, 0) is 10.0 Å². The lowest BCUT2D eigenvalue weighted by Crippen LogP contribution is -2.41. The summed E-state index contributed by atoms with van der Waals surface area (Å²) in [7, 11) is -3.82. The maximum atomic E-state index is 13.7. The van der Waals surface area contributed by atoms with E-state index in [9.17, 15) is 12.8 Å². The van der Waals surface area contributed by atoms with Crippen LogP contribution in [0.3, 0.4) is 0 Å². The summed E-state index contributed by atoms with van der Waals surface area (Å²) in [5.74, 6) is -0.750. The van der Waals surface area contributed by atoms with Crippen molar-refractivity contribution in [1.82, 2.24) is 9.62 Å². The summed E-state index contributed by atoms with van der Waals surface area (Å²) in [5.41, 5.74) is 0. The molecule has 1 heterocycles. The molecule has 0 amide bonds. The van der Waals surface area contributed by atoms with Gasteiger partial charge in [-0.25, -0.2) is 17.5 Å². The van der Waals surface area contributed by atoms with Gasteiger partial charge in [0.1, 0.15) is 10.7 Å². The third kappa shape index (κ3) is 4.00. The standard InChI is InChI=1S/C13H18BrFN2O2S/c1-10(9-17-6-2-3-7-17)16-20(18,19)13-5-4-11(14)8-12(13)15/h4-5,8,10,16H,2-3,6-7,9H2,1H3. The predicted octanol–water partition coefficient (Wildman–Crippen LogP) is 2.35. The van der Waals surface area contributed by atoms with E-state index >= 15 is 0 Å². The van der Waals surface area contributed by atoms with E-state index < -0.39 is 15.8 Å². The van der Waals surface area contributed by atoms with Crippen molar-refractivity contribution in [3.63, 3.8) is 0 Å². The van der Waals surface area contributed by atoms with E-state index in [-0.39, 0.29) is 10.9 Å². The van der Waals surface area contributed by atoms with Crippen molar-refractivity contribution in [2.75, 3.05) is 19.6 Å². The SMILES string of the molecule is CC(CN1CCCC1)NS(=O)(=O)c1ccc(Br)cc1F. The zero-order valence-corrected chi connectivity index (χ0v) is 13.7. The monoisotopic (exact) mass is 364 g/mol. The number of nitrogens with zero attached hydrogens (tertiary/aromatic N) is 1. The van der Waals surface area contributed by atoms with Gasteiger partial charge in [0.15, 0.2) is 0 Å². The molecule has 1 N–H and O–H groups in total. The van der Waals surface area contributed by atoms with Gasteiger partial charge in [-0.2, -0.15) is 0 Å². The Labute approximate surface area is 127 Å². The Morgan fingerprint density at radius 2 is 2.05 bits per heavy atom. The Kier molecular flexibility index (Phi) is 5.17. The van der Waals surface area contributed by atoms with Crippen LogP contribution in [0.25, 0.3) is 0 Å². The molecule has 7 heteroatoms. The molecule has 0 bridgehead atoms. The Bertz CT molecular complexity index is 574. The highest BCUT2D eigenvalue weighted by Gasteiger charge is 2.23. The molecular weight excluding hydrogens is 347 g/mol. The lowest BCUT2D eigenvalue weighted by molar-refractivity contribution is 0.312. The quantitative estimate of drug-likeness (QED) is 0.872. The van der Waals surface area contributed by atoms with Crippen LogP contribution in [0.2, 0.25) is 0 Å². The van der Waals surface area contributed by atoms with E-state index in [1.54, 1.807) is 6.92 Å². The number of rotatable bonds is 5. The van der Waals surface area contributed by atoms with Crippen molar-refractivity contribution in [3.05, 3.63) is 28.5 Å². The molecule has 20 heavy (non-hydrogen) atoms. The smallest absolute Gasteiger partial charge is 0.243 e. The second kappa shape index (κ2) is 6.51. The largest absolute Gasteiger partial charge is 0.302 e. The average Bonchev–Trinajstić information content (AvgIpc) is 2.79. The first kappa shape index (κ1) is 15.9. The number of halogens is 2. The van der Waals surface area contributed by atoms with E-state index in [0.29, 0.717) is 11.0 Å². The van der Waals surface area contributed by atoms with Crippen LogP contribution in [0.15, 0.2) is 27.6 Å². The van der Waals surface area contributed by atoms with Crippen LogP contribution in [0.1, 0.15) is 19.8 Å². The summed E-state index contributed by atoms with van der Waals surface area (Å²) < 4.78 is 41.1. The lowest BCUT2D eigenvalue weighted by Gasteiger charge is -2.21. The average molecular weight is 365 g/mol. The second-order valence-corrected chi connectivity index (χ2v) is 7.70. The minimum atomic E-state index is -3.82. The molecule has 1 aliphatic rings. The fourth-order valence-corrected chi connectivity index (χ4v) is 4.04. The van der Waals surface area contributed by atoms with Crippen LogP contribution in [-0.4, -0.2) is 39.0 Å². The molecule has 112 valence electrons. The minimum absolute atomic E-state index is 0.249. The van der Waals surface area contributed by atoms with Crippen LogP contribution < -0.4 is 4.72 Å². The van der Waals surface area contributed by atoms with E-state index in [2.05, 4.69) is 25.6 Å². The van der Waals surface area contributed by atoms with E-state index in [1.807, 2.05) is 0 Å². The third-order valence-electron chi connectivity index (χ3n) is 3.27. The number of benzene rings is 1. The van der Waals surface area contributed by atoms with E-state index in [1.165, 1.54) is 12.1 Å². The first-order valence-electron chi connectivity index (χ1n) is 6.58. The summed E-state index contributed by atoms with van der Waals surface area (Å²) in [6.45, 7) is 4.45. The van der Waals surface area contributed by atoms with Crippen molar-refractivity contribution in [2.45, 2.75) is 30.7 Å². The molecule has 0 spiro atoms. The summed E-state index contributed by atoms with van der Waals surface area (Å²) in [5, 5.41) is 0. The molecule has 1 aliphatic heterocycles. The van der Waals surface area contributed by atoms with Crippen LogP contribution in [0.4, 0.5) is 4.39 Å². The summed E-state index contributed by atoms with van der Waals surface area (Å²) in [6.07, 6.45) is 2.31. The van der Waals surface area contributed by atoms with Gasteiger partial charge in [0.2, 0.25) is 10.0 Å². The first-order valence-corrected chi connectivity index (χ1v) is 8.86. The molecular formula is C13H18BrFN2O2S. The zero-order valence-electron chi connectivity index (χ0n) is 11.3. The summed E-state index contributed by atoms with van der Waals surface area (Å²) in [6, 6.07) is 3.69. The van der Waals surface area contributed by atoms with Crippen LogP contribution in [0.5, 0.6) is 0 Å². The van der Waals surface area contributed by atoms with Crippen molar-refractivity contribution in [3.8, 4) is 0 Å². The van der Waals surface area contributed by atoms with Gasteiger partial charge in [-0.15, -0.1) is 0 Å². The molecule has 0 radical (unpaired) electrons. The van der Waals surface area contributed by atoms with E-state index in [4.69, 9.17) is 0 Å².